The van der Waals surface area contributed by atoms with E-state index in [0.29, 0.717) is 37.0 Å². The molecule has 0 saturated heterocycles. The number of pyridine rings is 1. The lowest BCUT2D eigenvalue weighted by atomic mass is 10.1. The number of amides is 1. The molecule has 1 atom stereocenters. The summed E-state index contributed by atoms with van der Waals surface area (Å²) in [6, 6.07) is 1.53. The molecule has 1 N–H and O–H groups in total. The third-order valence-corrected chi connectivity index (χ3v) is 3.74. The maximum atomic E-state index is 12.0. The monoisotopic (exact) mass is 432 g/mol. The molecule has 7 heteroatoms. The van der Waals surface area contributed by atoms with Gasteiger partial charge >= 0.3 is 6.09 Å². The summed E-state index contributed by atoms with van der Waals surface area (Å²) in [5, 5.41) is 2.83. The van der Waals surface area contributed by atoms with Crippen LogP contribution in [-0.2, 0) is 4.74 Å². The van der Waals surface area contributed by atoms with Crippen molar-refractivity contribution >= 4 is 28.7 Å². The molecule has 0 unspecified atom stereocenters. The van der Waals surface area contributed by atoms with Crippen LogP contribution in [0.1, 0.15) is 38.9 Å². The molecule has 1 aromatic rings. The number of halogens is 1. The Morgan fingerprint density at radius 1 is 1.52 bits per heavy atom. The third-order valence-electron chi connectivity index (χ3n) is 2.94. The molecular weight excluding hydrogens is 411 g/mol. The van der Waals surface area contributed by atoms with Crippen LogP contribution < -0.4 is 14.8 Å². The van der Waals surface area contributed by atoms with Crippen LogP contribution in [0.3, 0.4) is 0 Å². The zero-order chi connectivity index (χ0) is 17.0. The summed E-state index contributed by atoms with van der Waals surface area (Å²) < 4.78 is 17.3. The van der Waals surface area contributed by atoms with Crippen LogP contribution in [0.4, 0.5) is 4.79 Å². The second-order valence-corrected chi connectivity index (χ2v) is 7.25. The second-order valence-electron chi connectivity index (χ2n) is 6.08. The van der Waals surface area contributed by atoms with E-state index in [2.05, 4.69) is 39.5 Å². The van der Waals surface area contributed by atoms with Gasteiger partial charge in [-0.3, -0.25) is 0 Å². The number of carbonyl (C=O) groups excluding carboxylic acids is 1. The highest BCUT2D eigenvalue weighted by Gasteiger charge is 2.24. The van der Waals surface area contributed by atoms with Crippen LogP contribution in [-0.4, -0.2) is 29.9 Å². The molecular formula is C16H21IN2O4. The minimum absolute atomic E-state index is 0.341. The molecule has 0 aliphatic carbocycles. The first-order valence-corrected chi connectivity index (χ1v) is 8.44. The van der Waals surface area contributed by atoms with Crippen molar-refractivity contribution in [3.8, 4) is 11.6 Å². The van der Waals surface area contributed by atoms with Crippen molar-refractivity contribution in [1.29, 1.82) is 0 Å². The van der Waals surface area contributed by atoms with Crippen molar-refractivity contribution in [2.75, 3.05) is 13.2 Å². The predicted molar refractivity (Wildman–Crippen MR) is 94.9 cm³/mol. The number of hydrogen-bond donors (Lipinski definition) is 1. The molecule has 0 bridgehead atoms. The summed E-state index contributed by atoms with van der Waals surface area (Å²) in [6.45, 7) is 10.2. The van der Waals surface area contributed by atoms with Gasteiger partial charge in [0.25, 0.3) is 5.88 Å². The predicted octanol–water partition coefficient (Wildman–Crippen LogP) is 3.60. The molecule has 126 valence electrons. The van der Waals surface area contributed by atoms with Crippen LogP contribution in [0.15, 0.2) is 18.7 Å². The van der Waals surface area contributed by atoms with E-state index in [4.69, 9.17) is 14.2 Å². The summed E-state index contributed by atoms with van der Waals surface area (Å²) in [5.74, 6) is 1.11. The molecule has 1 aliphatic heterocycles. The Labute approximate surface area is 149 Å². The van der Waals surface area contributed by atoms with Crippen molar-refractivity contribution in [2.45, 2.75) is 38.8 Å². The van der Waals surface area contributed by atoms with Gasteiger partial charge in [0, 0.05) is 0 Å². The molecule has 23 heavy (non-hydrogen) atoms. The zero-order valence-electron chi connectivity index (χ0n) is 13.5. The number of alkyl carbamates (subject to hydrolysis) is 1. The van der Waals surface area contributed by atoms with Gasteiger partial charge in [0.15, 0.2) is 5.75 Å². The molecule has 0 spiro atoms. The number of fused-ring (bicyclic) bond motifs is 1. The average molecular weight is 432 g/mol. The molecule has 0 aromatic carbocycles. The fourth-order valence-corrected chi connectivity index (χ4v) is 2.76. The first-order valence-electron chi connectivity index (χ1n) is 7.36. The number of ether oxygens (including phenoxy) is 3. The topological polar surface area (TPSA) is 69.7 Å². The highest BCUT2D eigenvalue weighted by atomic mass is 127. The van der Waals surface area contributed by atoms with Gasteiger partial charge in [0.1, 0.15) is 18.8 Å². The quantitative estimate of drug-likeness (QED) is 0.582. The summed E-state index contributed by atoms with van der Waals surface area (Å²) in [6.07, 6.45) is 1.77. The van der Waals surface area contributed by atoms with Gasteiger partial charge < -0.3 is 19.5 Å². The molecule has 0 fully saturated rings. The lowest BCUT2D eigenvalue weighted by Gasteiger charge is -2.24. The maximum absolute atomic E-state index is 12.0. The SMILES string of the molecule is C=CC[C@H](NC(=O)OC(C)(C)C)c1cc(I)c2c(n1)OCCO2. The maximum Gasteiger partial charge on any atom is 0.408 e. The fourth-order valence-electron chi connectivity index (χ4n) is 2.06. The number of nitrogens with one attached hydrogen (secondary N) is 1. The van der Waals surface area contributed by atoms with Crippen molar-refractivity contribution in [3.63, 3.8) is 0 Å². The number of nitrogens with zero attached hydrogens (tertiary/aromatic N) is 1. The number of carbonyl (C=O) groups is 1. The Bertz CT molecular complexity index is 598. The average Bonchev–Trinajstić information content (AvgIpc) is 2.45. The molecule has 0 saturated carbocycles. The first-order chi connectivity index (χ1) is 10.8. The molecule has 1 aromatic heterocycles. The Hall–Kier alpha value is -1.51. The number of aromatic nitrogens is 1. The molecule has 6 nitrogen and oxygen atoms in total. The van der Waals surface area contributed by atoms with Gasteiger partial charge in [-0.25, -0.2) is 9.78 Å². The van der Waals surface area contributed by atoms with Crippen LogP contribution in [0, 0.1) is 3.57 Å². The fraction of sp³-hybridized carbons (Fsp3) is 0.500. The molecule has 2 heterocycles. The minimum Gasteiger partial charge on any atom is -0.483 e. The standard InChI is InChI=1S/C16H21IN2O4/c1-5-6-11(19-15(20)23-16(2,3)4)12-9-10(17)13-14(18-12)22-8-7-21-13/h5,9,11H,1,6-8H2,2-4H3,(H,19,20)/t11-/m0/s1. The molecule has 1 aliphatic rings. The summed E-state index contributed by atoms with van der Waals surface area (Å²) in [7, 11) is 0. The van der Waals surface area contributed by atoms with E-state index in [1.165, 1.54) is 0 Å². The van der Waals surface area contributed by atoms with Gasteiger partial charge in [-0.2, -0.15) is 0 Å². The normalized spacial score (nSPS) is 14.8. The van der Waals surface area contributed by atoms with Crippen molar-refractivity contribution in [3.05, 3.63) is 28.0 Å². The van der Waals surface area contributed by atoms with E-state index in [1.807, 2.05) is 26.8 Å². The van der Waals surface area contributed by atoms with Gasteiger partial charge in [-0.1, -0.05) is 6.08 Å². The van der Waals surface area contributed by atoms with Gasteiger partial charge in [0.2, 0.25) is 0 Å². The van der Waals surface area contributed by atoms with E-state index in [9.17, 15) is 4.79 Å². The van der Waals surface area contributed by atoms with Crippen LogP contribution >= 0.6 is 22.6 Å². The summed E-state index contributed by atoms with van der Waals surface area (Å²) in [5.41, 5.74) is 0.127. The second kappa shape index (κ2) is 7.37. The van der Waals surface area contributed by atoms with Crippen LogP contribution in [0.25, 0.3) is 0 Å². The Morgan fingerprint density at radius 3 is 2.87 bits per heavy atom. The summed E-state index contributed by atoms with van der Waals surface area (Å²) in [4.78, 5) is 16.5. The Kier molecular flexibility index (Phi) is 5.72. The van der Waals surface area contributed by atoms with E-state index in [0.717, 1.165) is 3.57 Å². The van der Waals surface area contributed by atoms with E-state index < -0.39 is 11.7 Å². The summed E-state index contributed by atoms with van der Waals surface area (Å²) >= 11 is 2.17. The Morgan fingerprint density at radius 2 is 2.22 bits per heavy atom. The Balaban J connectivity index is 2.22. The lowest BCUT2D eigenvalue weighted by Crippen LogP contribution is -2.35. The molecule has 2 rings (SSSR count). The van der Waals surface area contributed by atoms with Crippen LogP contribution in [0.2, 0.25) is 0 Å². The van der Waals surface area contributed by atoms with Gasteiger partial charge in [-0.15, -0.1) is 6.58 Å². The smallest absolute Gasteiger partial charge is 0.408 e. The minimum atomic E-state index is -0.558. The van der Waals surface area contributed by atoms with Crippen molar-refractivity contribution in [2.24, 2.45) is 0 Å². The molecule has 1 amide bonds. The van der Waals surface area contributed by atoms with Gasteiger partial charge in [0.05, 0.1) is 15.3 Å². The van der Waals surface area contributed by atoms with Crippen LogP contribution in [0.5, 0.6) is 11.6 Å². The zero-order valence-corrected chi connectivity index (χ0v) is 15.7. The van der Waals surface area contributed by atoms with E-state index >= 15 is 0 Å². The van der Waals surface area contributed by atoms with Crippen molar-refractivity contribution in [1.82, 2.24) is 10.3 Å². The largest absolute Gasteiger partial charge is 0.483 e. The first kappa shape index (κ1) is 17.8. The third kappa shape index (κ3) is 4.98. The molecule has 0 radical (unpaired) electrons. The van der Waals surface area contributed by atoms with E-state index in [-0.39, 0.29) is 6.04 Å². The number of rotatable bonds is 4. The lowest BCUT2D eigenvalue weighted by molar-refractivity contribution is 0.0502. The van der Waals surface area contributed by atoms with E-state index in [1.54, 1.807) is 6.08 Å². The number of hydrogen-bond acceptors (Lipinski definition) is 5. The van der Waals surface area contributed by atoms with Gasteiger partial charge in [-0.05, 0) is 55.8 Å². The highest BCUT2D eigenvalue weighted by molar-refractivity contribution is 14.1. The van der Waals surface area contributed by atoms with Crippen molar-refractivity contribution < 1.29 is 19.0 Å². The highest BCUT2D eigenvalue weighted by Crippen LogP contribution is 2.35.